The number of ether oxygens (including phenoxy) is 3. The third-order valence-electron chi connectivity index (χ3n) is 6.50. The van der Waals surface area contributed by atoms with Crippen LogP contribution in [0, 0.1) is 5.82 Å². The van der Waals surface area contributed by atoms with Gasteiger partial charge in [0.25, 0.3) is 0 Å². The molecule has 1 aliphatic rings. The molecule has 2 aromatic carbocycles. The molecule has 1 fully saturated rings. The maximum absolute atomic E-state index is 15.4. The number of esters is 1. The molecule has 0 atom stereocenters. The van der Waals surface area contributed by atoms with Crippen molar-refractivity contribution in [2.75, 3.05) is 14.2 Å². The molecule has 0 radical (unpaired) electrons. The fraction of sp³-hybridized carbons (Fsp3) is 0.400. The van der Waals surface area contributed by atoms with Crippen molar-refractivity contribution in [3.8, 4) is 11.5 Å². The topological polar surface area (TPSA) is 76.4 Å². The first kappa shape index (κ1) is 24.1. The minimum absolute atomic E-state index is 0.0121. The van der Waals surface area contributed by atoms with Crippen molar-refractivity contribution < 1.29 is 37.1 Å². The zero-order valence-corrected chi connectivity index (χ0v) is 20.2. The molecule has 4 rings (SSSR count). The Morgan fingerprint density at radius 3 is 2.38 bits per heavy atom. The zero-order chi connectivity index (χ0) is 24.7. The van der Waals surface area contributed by atoms with Crippen LogP contribution in [0.3, 0.4) is 0 Å². The maximum atomic E-state index is 15.4. The lowest BCUT2D eigenvalue weighted by molar-refractivity contribution is -0.139. The summed E-state index contributed by atoms with van der Waals surface area (Å²) in [7, 11) is 2.12. The van der Waals surface area contributed by atoms with Crippen LogP contribution >= 0.6 is 0 Å². The van der Waals surface area contributed by atoms with Crippen LogP contribution in [0.4, 0.5) is 4.39 Å². The van der Waals surface area contributed by atoms with Crippen LogP contribution in [0.1, 0.15) is 38.8 Å². The Bertz CT molecular complexity index is 1200. The molecule has 34 heavy (non-hydrogen) atoms. The molecular formula is C25H28BFO7. The van der Waals surface area contributed by atoms with E-state index in [1.807, 2.05) is 27.7 Å². The summed E-state index contributed by atoms with van der Waals surface area (Å²) in [6, 6.07) is 8.30. The number of fused-ring (bicyclic) bond motifs is 1. The van der Waals surface area contributed by atoms with Gasteiger partial charge in [-0.25, -0.2) is 4.39 Å². The maximum Gasteiger partial charge on any atom is 0.498 e. The lowest BCUT2D eigenvalue weighted by atomic mass is 9.77. The van der Waals surface area contributed by atoms with E-state index in [1.165, 1.54) is 20.5 Å². The summed E-state index contributed by atoms with van der Waals surface area (Å²) in [5, 5.41) is 0.311. The number of halogens is 1. The summed E-state index contributed by atoms with van der Waals surface area (Å²) in [4.78, 5) is 11.8. The molecule has 2 heterocycles. The summed E-state index contributed by atoms with van der Waals surface area (Å²) >= 11 is 0. The summed E-state index contributed by atoms with van der Waals surface area (Å²) < 4.78 is 49.3. The average molecular weight is 470 g/mol. The molecule has 0 amide bonds. The molecular weight excluding hydrogens is 442 g/mol. The van der Waals surface area contributed by atoms with E-state index in [4.69, 9.17) is 27.9 Å². The number of rotatable bonds is 7. The molecule has 0 N–H and O–H groups in total. The van der Waals surface area contributed by atoms with E-state index < -0.39 is 30.1 Å². The highest BCUT2D eigenvalue weighted by atomic mass is 19.1. The Morgan fingerprint density at radius 2 is 1.74 bits per heavy atom. The fourth-order valence-corrected chi connectivity index (χ4v) is 3.77. The predicted octanol–water partition coefficient (Wildman–Crippen LogP) is 4.17. The molecule has 0 aliphatic carbocycles. The lowest BCUT2D eigenvalue weighted by Gasteiger charge is -2.32. The molecule has 3 aromatic rings. The normalized spacial score (nSPS) is 16.6. The van der Waals surface area contributed by atoms with Gasteiger partial charge >= 0.3 is 13.1 Å². The largest absolute Gasteiger partial charge is 0.498 e. The van der Waals surface area contributed by atoms with Crippen molar-refractivity contribution in [2.24, 2.45) is 0 Å². The summed E-state index contributed by atoms with van der Waals surface area (Å²) in [6.45, 7) is 7.70. The number of methoxy groups -OCH3 is 2. The molecule has 0 unspecified atom stereocenters. The molecule has 7 nitrogen and oxygen atoms in total. The third-order valence-corrected chi connectivity index (χ3v) is 6.50. The second-order valence-electron chi connectivity index (χ2n) is 9.21. The van der Waals surface area contributed by atoms with Crippen LogP contribution in [-0.2, 0) is 31.9 Å². The van der Waals surface area contributed by atoms with E-state index in [0.717, 1.165) is 0 Å². The quantitative estimate of drug-likeness (QED) is 0.379. The van der Waals surface area contributed by atoms with E-state index in [1.54, 1.807) is 30.3 Å². The third kappa shape index (κ3) is 4.37. The monoisotopic (exact) mass is 470 g/mol. The molecule has 1 aromatic heterocycles. The molecule has 9 heteroatoms. The Balaban J connectivity index is 1.68. The lowest BCUT2D eigenvalue weighted by Crippen LogP contribution is -2.41. The van der Waals surface area contributed by atoms with Gasteiger partial charge in [0.05, 0.1) is 43.5 Å². The Morgan fingerprint density at radius 1 is 1.03 bits per heavy atom. The van der Waals surface area contributed by atoms with Crippen LogP contribution in [-0.4, -0.2) is 38.5 Å². The molecule has 0 spiro atoms. The number of furan rings is 1. The highest BCUT2D eigenvalue weighted by Gasteiger charge is 2.52. The van der Waals surface area contributed by atoms with Crippen molar-refractivity contribution >= 4 is 29.5 Å². The molecule has 180 valence electrons. The first-order chi connectivity index (χ1) is 16.1. The molecule has 0 saturated carbocycles. The number of carbonyl (C=O) groups excluding carboxylic acids is 1. The Hall–Kier alpha value is -3.04. The van der Waals surface area contributed by atoms with Crippen LogP contribution in [0.2, 0.25) is 0 Å². The van der Waals surface area contributed by atoms with E-state index in [9.17, 15) is 4.79 Å². The van der Waals surface area contributed by atoms with Gasteiger partial charge in [-0.2, -0.15) is 0 Å². The van der Waals surface area contributed by atoms with Crippen molar-refractivity contribution in [3.63, 3.8) is 0 Å². The minimum atomic E-state index is -0.732. The van der Waals surface area contributed by atoms with Crippen LogP contribution in [0.25, 0.3) is 11.0 Å². The van der Waals surface area contributed by atoms with E-state index in [2.05, 4.69) is 0 Å². The van der Waals surface area contributed by atoms with E-state index >= 15 is 4.39 Å². The summed E-state index contributed by atoms with van der Waals surface area (Å²) in [6.07, 6.45) is 1.45. The van der Waals surface area contributed by atoms with Crippen molar-refractivity contribution in [2.45, 2.75) is 51.9 Å². The predicted molar refractivity (Wildman–Crippen MR) is 125 cm³/mol. The highest BCUT2D eigenvalue weighted by molar-refractivity contribution is 6.64. The average Bonchev–Trinajstić information content (AvgIpc) is 3.36. The summed E-state index contributed by atoms with van der Waals surface area (Å²) in [5.74, 6) is 0.0754. The number of hydrogen-bond acceptors (Lipinski definition) is 7. The first-order valence-corrected chi connectivity index (χ1v) is 11.0. The van der Waals surface area contributed by atoms with Gasteiger partial charge in [-0.05, 0) is 45.9 Å². The van der Waals surface area contributed by atoms with Gasteiger partial charge in [0.1, 0.15) is 29.5 Å². The number of benzene rings is 2. The Labute approximate surface area is 198 Å². The summed E-state index contributed by atoms with van der Waals surface area (Å²) in [5.41, 5.74) is 0.719. The van der Waals surface area contributed by atoms with Crippen molar-refractivity contribution in [1.29, 1.82) is 0 Å². The van der Waals surface area contributed by atoms with Gasteiger partial charge in [-0.3, -0.25) is 4.79 Å². The van der Waals surface area contributed by atoms with E-state index in [-0.39, 0.29) is 13.0 Å². The standard InChI is InChI=1S/C25H28BFO7/c1-24(2)25(3,4)34-26(33-24)19-11-16(22(27)18-9-10-31-23(18)19)14-32-20-13-17(29-5)8-7-15(20)12-21(28)30-6/h7-11,13H,12,14H2,1-6H3. The van der Waals surface area contributed by atoms with Crippen LogP contribution in [0.15, 0.2) is 41.0 Å². The van der Waals surface area contributed by atoms with Crippen molar-refractivity contribution in [1.82, 2.24) is 0 Å². The van der Waals surface area contributed by atoms with Gasteiger partial charge in [0.15, 0.2) is 0 Å². The van der Waals surface area contributed by atoms with Gasteiger partial charge in [0.2, 0.25) is 0 Å². The van der Waals surface area contributed by atoms with Gasteiger partial charge in [0, 0.05) is 22.7 Å². The van der Waals surface area contributed by atoms with E-state index in [0.29, 0.717) is 39.1 Å². The minimum Gasteiger partial charge on any atom is -0.497 e. The number of carbonyl (C=O) groups is 1. The Kier molecular flexibility index (Phi) is 6.35. The van der Waals surface area contributed by atoms with Crippen molar-refractivity contribution in [3.05, 3.63) is 53.5 Å². The van der Waals surface area contributed by atoms with Gasteiger partial charge in [-0.15, -0.1) is 0 Å². The van der Waals surface area contributed by atoms with Crippen LogP contribution in [0.5, 0.6) is 11.5 Å². The smallest absolute Gasteiger partial charge is 0.497 e. The number of hydrogen-bond donors (Lipinski definition) is 0. The molecule has 1 saturated heterocycles. The second kappa shape index (κ2) is 8.96. The zero-order valence-electron chi connectivity index (χ0n) is 20.2. The molecule has 0 bridgehead atoms. The van der Waals surface area contributed by atoms with Gasteiger partial charge < -0.3 is 27.9 Å². The first-order valence-electron chi connectivity index (χ1n) is 11.0. The fourth-order valence-electron chi connectivity index (χ4n) is 3.77. The SMILES string of the molecule is COC(=O)Cc1ccc(OC)cc1OCc1cc(B2OC(C)(C)C(C)(C)O2)c2occc2c1F. The van der Waals surface area contributed by atoms with Crippen LogP contribution < -0.4 is 14.9 Å². The second-order valence-corrected chi connectivity index (χ2v) is 9.21. The highest BCUT2D eigenvalue weighted by Crippen LogP contribution is 2.37. The molecule has 1 aliphatic heterocycles. The van der Waals surface area contributed by atoms with Gasteiger partial charge in [-0.1, -0.05) is 6.07 Å².